The standard InChI is InChI=1S/C12H15NO4S/c1-12(6-7-12)18(16,17)13-8-9-2-4-10(5-3-9)11(14)15/h2-5,13H,6-8H2,1H3,(H,14,15). The van der Waals surface area contributed by atoms with Crippen LogP contribution in [0.2, 0.25) is 0 Å². The molecule has 2 rings (SSSR count). The van der Waals surface area contributed by atoms with Crippen LogP contribution >= 0.6 is 0 Å². The van der Waals surface area contributed by atoms with Crippen LogP contribution in [-0.2, 0) is 16.6 Å². The quantitative estimate of drug-likeness (QED) is 0.845. The second-order valence-corrected chi connectivity index (χ2v) is 7.06. The maximum atomic E-state index is 11.9. The maximum absolute atomic E-state index is 11.9. The van der Waals surface area contributed by atoms with Crippen molar-refractivity contribution < 1.29 is 18.3 Å². The number of sulfonamides is 1. The summed E-state index contributed by atoms with van der Waals surface area (Å²) in [5, 5.41) is 8.74. The molecule has 18 heavy (non-hydrogen) atoms. The third kappa shape index (κ3) is 2.54. The highest BCUT2D eigenvalue weighted by molar-refractivity contribution is 7.91. The molecule has 98 valence electrons. The Labute approximate surface area is 106 Å². The third-order valence-electron chi connectivity index (χ3n) is 3.27. The van der Waals surface area contributed by atoms with Gasteiger partial charge in [-0.15, -0.1) is 0 Å². The lowest BCUT2D eigenvalue weighted by Crippen LogP contribution is -2.33. The number of hydrogen-bond acceptors (Lipinski definition) is 3. The summed E-state index contributed by atoms with van der Waals surface area (Å²) in [5.74, 6) is -0.993. The first kappa shape index (κ1) is 13.0. The van der Waals surface area contributed by atoms with E-state index >= 15 is 0 Å². The monoisotopic (exact) mass is 269 g/mol. The molecule has 0 unspecified atom stereocenters. The van der Waals surface area contributed by atoms with Gasteiger partial charge in [0.2, 0.25) is 10.0 Å². The Morgan fingerprint density at radius 3 is 2.33 bits per heavy atom. The minimum atomic E-state index is -3.28. The molecule has 0 heterocycles. The van der Waals surface area contributed by atoms with E-state index in [1.54, 1.807) is 19.1 Å². The molecule has 1 aliphatic rings. The van der Waals surface area contributed by atoms with Crippen LogP contribution < -0.4 is 4.72 Å². The molecule has 0 amide bonds. The van der Waals surface area contributed by atoms with Crippen LogP contribution in [0.5, 0.6) is 0 Å². The molecule has 0 aliphatic heterocycles. The lowest BCUT2D eigenvalue weighted by Gasteiger charge is -2.11. The molecule has 1 aliphatic carbocycles. The summed E-state index contributed by atoms with van der Waals surface area (Å²) in [6.45, 7) is 1.92. The highest BCUT2D eigenvalue weighted by Crippen LogP contribution is 2.42. The Kier molecular flexibility index (Phi) is 3.16. The van der Waals surface area contributed by atoms with Crippen LogP contribution in [0.25, 0.3) is 0 Å². The van der Waals surface area contributed by atoms with E-state index < -0.39 is 20.7 Å². The fourth-order valence-electron chi connectivity index (χ4n) is 1.56. The van der Waals surface area contributed by atoms with E-state index in [-0.39, 0.29) is 12.1 Å². The van der Waals surface area contributed by atoms with Crippen molar-refractivity contribution in [1.82, 2.24) is 4.72 Å². The average Bonchev–Trinajstić information content (AvgIpc) is 3.07. The molecule has 1 aromatic rings. The van der Waals surface area contributed by atoms with Crippen molar-refractivity contribution in [3.05, 3.63) is 35.4 Å². The zero-order valence-electron chi connectivity index (χ0n) is 10.0. The molecular formula is C12H15NO4S. The second kappa shape index (κ2) is 4.37. The van der Waals surface area contributed by atoms with Gasteiger partial charge in [-0.05, 0) is 37.5 Å². The van der Waals surface area contributed by atoms with Crippen LogP contribution in [0, 0.1) is 0 Å². The Morgan fingerprint density at radius 1 is 1.33 bits per heavy atom. The molecule has 6 heteroatoms. The summed E-state index contributed by atoms with van der Waals surface area (Å²) in [4.78, 5) is 10.7. The van der Waals surface area contributed by atoms with Gasteiger partial charge in [0.15, 0.2) is 0 Å². The van der Waals surface area contributed by atoms with Crippen molar-refractivity contribution in [2.24, 2.45) is 0 Å². The van der Waals surface area contributed by atoms with Crippen LogP contribution in [-0.4, -0.2) is 24.2 Å². The molecule has 2 N–H and O–H groups in total. The van der Waals surface area contributed by atoms with Crippen LogP contribution in [0.1, 0.15) is 35.7 Å². The minimum absolute atomic E-state index is 0.191. The summed E-state index contributed by atoms with van der Waals surface area (Å²) in [6, 6.07) is 6.15. The number of carboxylic acid groups (broad SMARTS) is 1. The summed E-state index contributed by atoms with van der Waals surface area (Å²) in [7, 11) is -3.28. The van der Waals surface area contributed by atoms with Crippen molar-refractivity contribution in [3.63, 3.8) is 0 Å². The first-order chi connectivity index (χ1) is 8.34. The Morgan fingerprint density at radius 2 is 1.89 bits per heavy atom. The molecule has 1 fully saturated rings. The Balaban J connectivity index is 2.01. The lowest BCUT2D eigenvalue weighted by molar-refractivity contribution is 0.0697. The van der Waals surface area contributed by atoms with Gasteiger partial charge >= 0.3 is 5.97 Å². The van der Waals surface area contributed by atoms with Gasteiger partial charge in [0.25, 0.3) is 0 Å². The number of carbonyl (C=O) groups is 1. The summed E-state index contributed by atoms with van der Waals surface area (Å²) >= 11 is 0. The largest absolute Gasteiger partial charge is 0.478 e. The van der Waals surface area contributed by atoms with Crippen molar-refractivity contribution in [3.8, 4) is 0 Å². The topological polar surface area (TPSA) is 83.5 Å². The van der Waals surface area contributed by atoms with Gasteiger partial charge in [-0.25, -0.2) is 17.9 Å². The second-order valence-electron chi connectivity index (χ2n) is 4.78. The van der Waals surface area contributed by atoms with Crippen LogP contribution in [0.3, 0.4) is 0 Å². The molecule has 5 nitrogen and oxygen atoms in total. The average molecular weight is 269 g/mol. The minimum Gasteiger partial charge on any atom is -0.478 e. The SMILES string of the molecule is CC1(S(=O)(=O)NCc2ccc(C(=O)O)cc2)CC1. The predicted octanol–water partition coefficient (Wildman–Crippen LogP) is 1.36. The van der Waals surface area contributed by atoms with E-state index in [4.69, 9.17) is 5.11 Å². The fourth-order valence-corrected chi connectivity index (χ4v) is 2.91. The number of aromatic carboxylic acids is 1. The van der Waals surface area contributed by atoms with Gasteiger partial charge in [-0.1, -0.05) is 12.1 Å². The summed E-state index contributed by atoms with van der Waals surface area (Å²) in [6.07, 6.45) is 1.39. The van der Waals surface area contributed by atoms with E-state index in [1.165, 1.54) is 12.1 Å². The maximum Gasteiger partial charge on any atom is 0.335 e. The van der Waals surface area contributed by atoms with Gasteiger partial charge in [-0.3, -0.25) is 0 Å². The van der Waals surface area contributed by atoms with Gasteiger partial charge in [0.05, 0.1) is 10.3 Å². The third-order valence-corrected chi connectivity index (χ3v) is 5.50. The predicted molar refractivity (Wildman–Crippen MR) is 66.8 cm³/mol. The highest BCUT2D eigenvalue weighted by atomic mass is 32.2. The normalized spacial score (nSPS) is 17.4. The molecule has 0 saturated heterocycles. The number of rotatable bonds is 5. The number of benzene rings is 1. The molecule has 0 bridgehead atoms. The molecule has 1 saturated carbocycles. The van der Waals surface area contributed by atoms with Crippen molar-refractivity contribution in [2.75, 3.05) is 0 Å². The van der Waals surface area contributed by atoms with E-state index in [0.29, 0.717) is 12.8 Å². The molecule has 1 aromatic carbocycles. The van der Waals surface area contributed by atoms with Crippen molar-refractivity contribution >= 4 is 16.0 Å². The van der Waals surface area contributed by atoms with Gasteiger partial charge in [0.1, 0.15) is 0 Å². The van der Waals surface area contributed by atoms with E-state index in [0.717, 1.165) is 5.56 Å². The van der Waals surface area contributed by atoms with Crippen molar-refractivity contribution in [1.29, 1.82) is 0 Å². The van der Waals surface area contributed by atoms with Gasteiger partial charge in [-0.2, -0.15) is 0 Å². The van der Waals surface area contributed by atoms with Crippen LogP contribution in [0.15, 0.2) is 24.3 Å². The zero-order chi connectivity index (χ0) is 13.4. The molecule has 0 atom stereocenters. The zero-order valence-corrected chi connectivity index (χ0v) is 10.8. The molecular weight excluding hydrogens is 254 g/mol. The van der Waals surface area contributed by atoms with Gasteiger partial charge < -0.3 is 5.11 Å². The van der Waals surface area contributed by atoms with Crippen molar-refractivity contribution in [2.45, 2.75) is 31.1 Å². The first-order valence-electron chi connectivity index (χ1n) is 5.65. The van der Waals surface area contributed by atoms with Gasteiger partial charge in [0, 0.05) is 6.54 Å². The molecule has 0 aromatic heterocycles. The van der Waals surface area contributed by atoms with E-state index in [2.05, 4.69) is 4.72 Å². The van der Waals surface area contributed by atoms with Crippen LogP contribution in [0.4, 0.5) is 0 Å². The van der Waals surface area contributed by atoms with E-state index in [9.17, 15) is 13.2 Å². The highest BCUT2D eigenvalue weighted by Gasteiger charge is 2.49. The summed E-state index contributed by atoms with van der Waals surface area (Å²) in [5.41, 5.74) is 0.934. The first-order valence-corrected chi connectivity index (χ1v) is 7.14. The number of nitrogens with one attached hydrogen (secondary N) is 1. The number of carboxylic acids is 1. The smallest absolute Gasteiger partial charge is 0.335 e. The molecule has 0 radical (unpaired) electrons. The fraction of sp³-hybridized carbons (Fsp3) is 0.417. The lowest BCUT2D eigenvalue weighted by atomic mass is 10.1. The molecule has 0 spiro atoms. The number of hydrogen-bond donors (Lipinski definition) is 2. The Bertz CT molecular complexity index is 558. The Hall–Kier alpha value is -1.40. The summed E-state index contributed by atoms with van der Waals surface area (Å²) < 4.78 is 25.6. The van der Waals surface area contributed by atoms with E-state index in [1.807, 2.05) is 0 Å².